The zero-order chi connectivity index (χ0) is 6.97. The summed E-state index contributed by atoms with van der Waals surface area (Å²) in [4.78, 5) is 0. The molecule has 0 aliphatic carbocycles. The summed E-state index contributed by atoms with van der Waals surface area (Å²) in [7, 11) is 0. The Hall–Kier alpha value is -0.120. The normalized spacial score (nSPS) is 41.7. The molecule has 0 amide bonds. The van der Waals surface area contributed by atoms with Gasteiger partial charge in [0.15, 0.2) is 0 Å². The first kappa shape index (κ1) is 6.58. The van der Waals surface area contributed by atoms with Crippen LogP contribution in [0.2, 0.25) is 0 Å². The molecule has 0 aromatic heterocycles. The molecule has 3 nitrogen and oxygen atoms in total. The highest BCUT2D eigenvalue weighted by molar-refractivity contribution is 4.88. The fraction of sp³-hybridized carbons (Fsp3) is 1.00. The van der Waals surface area contributed by atoms with Crippen LogP contribution in [0.4, 0.5) is 0 Å². The van der Waals surface area contributed by atoms with E-state index in [1.807, 2.05) is 0 Å². The van der Waals surface area contributed by atoms with E-state index in [-0.39, 0.29) is 0 Å². The van der Waals surface area contributed by atoms with Gasteiger partial charge in [0.05, 0.1) is 0 Å². The van der Waals surface area contributed by atoms with E-state index < -0.39 is 0 Å². The molecule has 2 rings (SSSR count). The highest BCUT2D eigenvalue weighted by Crippen LogP contribution is 2.14. The molecule has 2 fully saturated rings. The Morgan fingerprint density at radius 1 is 1.40 bits per heavy atom. The van der Waals surface area contributed by atoms with Crippen LogP contribution in [-0.4, -0.2) is 36.7 Å². The van der Waals surface area contributed by atoms with Crippen LogP contribution in [-0.2, 0) is 0 Å². The Morgan fingerprint density at radius 3 is 3.10 bits per heavy atom. The maximum absolute atomic E-state index is 3.47. The second-order valence-electron chi connectivity index (χ2n) is 3.20. The SMILES string of the molecule is CC1NCCN2NCCC12. The van der Waals surface area contributed by atoms with Gasteiger partial charge in [-0.2, -0.15) is 0 Å². The zero-order valence-corrected chi connectivity index (χ0v) is 6.43. The molecule has 0 spiro atoms. The molecule has 3 heteroatoms. The summed E-state index contributed by atoms with van der Waals surface area (Å²) < 4.78 is 0. The van der Waals surface area contributed by atoms with E-state index in [0.29, 0.717) is 6.04 Å². The van der Waals surface area contributed by atoms with Crippen LogP contribution >= 0.6 is 0 Å². The molecule has 0 radical (unpaired) electrons. The second-order valence-corrected chi connectivity index (χ2v) is 3.20. The number of piperazine rings is 1. The fourth-order valence-corrected chi connectivity index (χ4v) is 1.94. The highest BCUT2D eigenvalue weighted by atomic mass is 15.6. The van der Waals surface area contributed by atoms with Crippen molar-refractivity contribution < 1.29 is 0 Å². The monoisotopic (exact) mass is 141 g/mol. The van der Waals surface area contributed by atoms with Crippen LogP contribution < -0.4 is 10.7 Å². The molecular formula is C7H15N3. The van der Waals surface area contributed by atoms with Crippen molar-refractivity contribution in [3.8, 4) is 0 Å². The van der Waals surface area contributed by atoms with Crippen LogP contribution in [0, 0.1) is 0 Å². The quantitative estimate of drug-likeness (QED) is 0.479. The maximum Gasteiger partial charge on any atom is 0.0407 e. The van der Waals surface area contributed by atoms with Crippen molar-refractivity contribution >= 4 is 0 Å². The van der Waals surface area contributed by atoms with E-state index >= 15 is 0 Å². The average molecular weight is 141 g/mol. The third-order valence-electron chi connectivity index (χ3n) is 2.55. The van der Waals surface area contributed by atoms with Gasteiger partial charge in [0, 0.05) is 31.7 Å². The summed E-state index contributed by atoms with van der Waals surface area (Å²) in [6.07, 6.45) is 1.30. The van der Waals surface area contributed by atoms with Crippen molar-refractivity contribution in [1.82, 2.24) is 15.8 Å². The Kier molecular flexibility index (Phi) is 1.64. The predicted molar refractivity (Wildman–Crippen MR) is 40.6 cm³/mol. The van der Waals surface area contributed by atoms with E-state index in [1.54, 1.807) is 0 Å². The van der Waals surface area contributed by atoms with Gasteiger partial charge in [0.25, 0.3) is 0 Å². The summed E-state index contributed by atoms with van der Waals surface area (Å²) in [6.45, 7) is 5.72. The molecule has 2 unspecified atom stereocenters. The van der Waals surface area contributed by atoms with Gasteiger partial charge in [0.1, 0.15) is 0 Å². The summed E-state index contributed by atoms with van der Waals surface area (Å²) in [5, 5.41) is 5.85. The second kappa shape index (κ2) is 2.49. The molecular weight excluding hydrogens is 126 g/mol. The van der Waals surface area contributed by atoms with Gasteiger partial charge in [0.2, 0.25) is 0 Å². The molecule has 0 aromatic carbocycles. The minimum Gasteiger partial charge on any atom is -0.311 e. The molecule has 58 valence electrons. The van der Waals surface area contributed by atoms with Gasteiger partial charge in [-0.1, -0.05) is 0 Å². The van der Waals surface area contributed by atoms with Crippen molar-refractivity contribution in [2.45, 2.75) is 25.4 Å². The number of hydrogen-bond donors (Lipinski definition) is 2. The minimum atomic E-state index is 0.670. The van der Waals surface area contributed by atoms with Crippen molar-refractivity contribution in [3.05, 3.63) is 0 Å². The summed E-state index contributed by atoms with van der Waals surface area (Å²) >= 11 is 0. The zero-order valence-electron chi connectivity index (χ0n) is 6.43. The summed E-state index contributed by atoms with van der Waals surface area (Å²) in [5.41, 5.74) is 3.38. The topological polar surface area (TPSA) is 27.3 Å². The van der Waals surface area contributed by atoms with Crippen LogP contribution in [0.15, 0.2) is 0 Å². The van der Waals surface area contributed by atoms with Crippen LogP contribution in [0.5, 0.6) is 0 Å². The van der Waals surface area contributed by atoms with Gasteiger partial charge in [-0.05, 0) is 13.3 Å². The standard InChI is InChI=1S/C7H15N3/c1-6-7-2-3-9-10(7)5-4-8-6/h6-9H,2-5H2,1H3. The van der Waals surface area contributed by atoms with E-state index in [0.717, 1.165) is 25.7 Å². The minimum absolute atomic E-state index is 0.670. The number of rotatable bonds is 0. The van der Waals surface area contributed by atoms with Crippen molar-refractivity contribution in [1.29, 1.82) is 0 Å². The first-order valence-corrected chi connectivity index (χ1v) is 4.11. The van der Waals surface area contributed by atoms with Crippen LogP contribution in [0.25, 0.3) is 0 Å². The van der Waals surface area contributed by atoms with Gasteiger partial charge in [-0.25, -0.2) is 5.01 Å². The molecule has 0 saturated carbocycles. The van der Waals surface area contributed by atoms with Crippen LogP contribution in [0.3, 0.4) is 0 Å². The van der Waals surface area contributed by atoms with Crippen molar-refractivity contribution in [2.75, 3.05) is 19.6 Å². The number of fused-ring (bicyclic) bond motifs is 1. The van der Waals surface area contributed by atoms with Gasteiger partial charge in [-0.15, -0.1) is 0 Å². The number of hydrazine groups is 1. The predicted octanol–water partition coefficient (Wildman–Crippen LogP) is -0.443. The van der Waals surface area contributed by atoms with Crippen LogP contribution in [0.1, 0.15) is 13.3 Å². The third kappa shape index (κ3) is 0.944. The first-order valence-electron chi connectivity index (χ1n) is 4.11. The first-order chi connectivity index (χ1) is 4.88. The molecule has 10 heavy (non-hydrogen) atoms. The lowest BCUT2D eigenvalue weighted by molar-refractivity contribution is 0.124. The number of hydrogen-bond acceptors (Lipinski definition) is 3. The summed E-state index contributed by atoms with van der Waals surface area (Å²) in [6, 6.07) is 1.41. The van der Waals surface area contributed by atoms with Gasteiger partial charge in [-0.3, -0.25) is 5.43 Å². The van der Waals surface area contributed by atoms with E-state index in [1.165, 1.54) is 6.42 Å². The maximum atomic E-state index is 3.47. The van der Waals surface area contributed by atoms with E-state index in [4.69, 9.17) is 0 Å². The molecule has 2 aliphatic heterocycles. The molecule has 2 heterocycles. The van der Waals surface area contributed by atoms with E-state index in [9.17, 15) is 0 Å². The number of nitrogens with zero attached hydrogens (tertiary/aromatic N) is 1. The molecule has 2 saturated heterocycles. The van der Waals surface area contributed by atoms with Crippen molar-refractivity contribution in [2.24, 2.45) is 0 Å². The summed E-state index contributed by atoms with van der Waals surface area (Å²) in [5.74, 6) is 0. The Labute approximate surface area is 61.7 Å². The Morgan fingerprint density at radius 2 is 2.30 bits per heavy atom. The van der Waals surface area contributed by atoms with E-state index in [2.05, 4.69) is 22.7 Å². The molecule has 2 atom stereocenters. The lowest BCUT2D eigenvalue weighted by atomic mass is 10.1. The lowest BCUT2D eigenvalue weighted by Crippen LogP contribution is -2.56. The average Bonchev–Trinajstić information content (AvgIpc) is 2.36. The highest BCUT2D eigenvalue weighted by Gasteiger charge is 2.31. The van der Waals surface area contributed by atoms with Gasteiger partial charge >= 0.3 is 0 Å². The number of nitrogens with one attached hydrogen (secondary N) is 2. The van der Waals surface area contributed by atoms with Gasteiger partial charge < -0.3 is 5.32 Å². The largest absolute Gasteiger partial charge is 0.311 e. The third-order valence-corrected chi connectivity index (χ3v) is 2.55. The fourth-order valence-electron chi connectivity index (χ4n) is 1.94. The molecule has 2 aliphatic rings. The lowest BCUT2D eigenvalue weighted by Gasteiger charge is -2.34. The molecule has 2 N–H and O–H groups in total. The Balaban J connectivity index is 2.03. The Bertz CT molecular complexity index is 126. The molecule has 0 bridgehead atoms. The van der Waals surface area contributed by atoms with Crippen molar-refractivity contribution in [3.63, 3.8) is 0 Å². The molecule has 0 aromatic rings. The smallest absolute Gasteiger partial charge is 0.0407 e.